The van der Waals surface area contributed by atoms with E-state index in [1.165, 1.54) is 10.4 Å². The molecule has 2 aromatic rings. The standard InChI is InChI=1S/C39H68O3Si3/c1-18-30(2)35(41-43(14,15)37(5,6)7)32(4)36(42-44(16,17)38(8,9)10)31(3)29-40-45(39(11,12)13,33-25-21-19-22-26-33)34-27-23-20-24-28-34/h18-28,30-32,35-36H,1,29H2,2-17H3/t30-,31+,32+,35-,36-/m0/s1. The Kier molecular flexibility index (Phi) is 13.2. The van der Waals surface area contributed by atoms with Gasteiger partial charge in [-0.2, -0.15) is 0 Å². The Balaban J connectivity index is 2.66. The SMILES string of the molecule is C=C[C@H](C)[C@H](O[Si](C)(C)C(C)(C)C)[C@@H](C)[C@@H](O[Si](C)(C)C(C)(C)C)[C@H](C)CO[Si](c1ccccc1)(c1ccccc1)C(C)(C)C. The molecule has 0 saturated carbocycles. The van der Waals surface area contributed by atoms with Crippen molar-refractivity contribution in [3.8, 4) is 0 Å². The molecule has 3 nitrogen and oxygen atoms in total. The van der Waals surface area contributed by atoms with Crippen LogP contribution >= 0.6 is 0 Å². The highest BCUT2D eigenvalue weighted by Crippen LogP contribution is 2.44. The van der Waals surface area contributed by atoms with Crippen LogP contribution < -0.4 is 10.4 Å². The molecule has 0 amide bonds. The fourth-order valence-electron chi connectivity index (χ4n) is 5.90. The molecule has 0 aliphatic carbocycles. The van der Waals surface area contributed by atoms with E-state index < -0.39 is 25.0 Å². The molecule has 0 fully saturated rings. The highest BCUT2D eigenvalue weighted by atomic mass is 28.4. The third-order valence-electron chi connectivity index (χ3n) is 10.9. The molecule has 5 atom stereocenters. The van der Waals surface area contributed by atoms with Crippen LogP contribution in [0.1, 0.15) is 83.1 Å². The van der Waals surface area contributed by atoms with Crippen molar-refractivity contribution in [1.29, 1.82) is 0 Å². The lowest BCUT2D eigenvalue weighted by molar-refractivity contribution is -0.0173. The predicted molar refractivity (Wildman–Crippen MR) is 205 cm³/mol. The Morgan fingerprint density at radius 2 is 1.00 bits per heavy atom. The highest BCUT2D eigenvalue weighted by molar-refractivity contribution is 6.99. The normalized spacial score (nSPS) is 17.3. The van der Waals surface area contributed by atoms with E-state index in [1.54, 1.807) is 0 Å². The van der Waals surface area contributed by atoms with Gasteiger partial charge in [-0.05, 0) is 57.6 Å². The minimum Gasteiger partial charge on any atom is -0.413 e. The summed E-state index contributed by atoms with van der Waals surface area (Å²) >= 11 is 0. The van der Waals surface area contributed by atoms with E-state index in [-0.39, 0.29) is 45.1 Å². The van der Waals surface area contributed by atoms with Gasteiger partial charge < -0.3 is 13.3 Å². The van der Waals surface area contributed by atoms with Gasteiger partial charge in [0, 0.05) is 18.4 Å². The summed E-state index contributed by atoms with van der Waals surface area (Å²) in [5, 5.41) is 2.74. The summed E-state index contributed by atoms with van der Waals surface area (Å²) < 4.78 is 22.2. The van der Waals surface area contributed by atoms with E-state index >= 15 is 0 Å². The third-order valence-corrected chi connectivity index (χ3v) is 24.9. The zero-order chi connectivity index (χ0) is 34.6. The minimum atomic E-state index is -2.69. The fourth-order valence-corrected chi connectivity index (χ4v) is 13.5. The minimum absolute atomic E-state index is 0.00785. The maximum atomic E-state index is 7.50. The lowest BCUT2D eigenvalue weighted by atomic mass is 9.84. The Morgan fingerprint density at radius 3 is 1.33 bits per heavy atom. The van der Waals surface area contributed by atoms with Crippen molar-refractivity contribution in [3.05, 3.63) is 73.3 Å². The largest absolute Gasteiger partial charge is 0.413 e. The van der Waals surface area contributed by atoms with E-state index in [1.807, 2.05) is 0 Å². The van der Waals surface area contributed by atoms with Gasteiger partial charge in [0.2, 0.25) is 0 Å². The topological polar surface area (TPSA) is 27.7 Å². The van der Waals surface area contributed by atoms with Crippen LogP contribution in [0.5, 0.6) is 0 Å². The maximum absolute atomic E-state index is 7.50. The average molecular weight is 669 g/mol. The Bertz CT molecular complexity index is 1150. The first-order valence-corrected chi connectivity index (χ1v) is 24.9. The van der Waals surface area contributed by atoms with Crippen LogP contribution in [0.2, 0.25) is 41.3 Å². The summed E-state index contributed by atoms with van der Waals surface area (Å²) in [5.41, 5.74) is 0. The van der Waals surface area contributed by atoms with Crippen molar-refractivity contribution in [2.45, 2.75) is 137 Å². The second-order valence-corrected chi connectivity index (χ2v) is 31.4. The molecule has 2 aromatic carbocycles. The molecule has 254 valence electrons. The fraction of sp³-hybridized carbons (Fsp3) is 0.641. The van der Waals surface area contributed by atoms with Crippen molar-refractivity contribution in [3.63, 3.8) is 0 Å². The van der Waals surface area contributed by atoms with Crippen LogP contribution in [-0.2, 0) is 13.3 Å². The van der Waals surface area contributed by atoms with Gasteiger partial charge in [0.25, 0.3) is 8.32 Å². The van der Waals surface area contributed by atoms with Gasteiger partial charge in [0.1, 0.15) is 0 Å². The Labute approximate surface area is 282 Å². The van der Waals surface area contributed by atoms with Crippen LogP contribution in [-0.4, -0.2) is 43.8 Å². The zero-order valence-electron chi connectivity index (χ0n) is 31.9. The lowest BCUT2D eigenvalue weighted by Crippen LogP contribution is -2.67. The molecule has 0 aliphatic rings. The van der Waals surface area contributed by atoms with Gasteiger partial charge >= 0.3 is 0 Å². The highest BCUT2D eigenvalue weighted by Gasteiger charge is 2.51. The summed E-state index contributed by atoms with van der Waals surface area (Å²) in [6.45, 7) is 42.3. The molecule has 0 radical (unpaired) electrons. The van der Waals surface area contributed by atoms with Gasteiger partial charge in [-0.1, -0.05) is 150 Å². The van der Waals surface area contributed by atoms with E-state index in [4.69, 9.17) is 13.3 Å². The van der Waals surface area contributed by atoms with Gasteiger partial charge in [-0.3, -0.25) is 0 Å². The molecule has 0 aliphatic heterocycles. The van der Waals surface area contributed by atoms with Crippen molar-refractivity contribution in [2.24, 2.45) is 17.8 Å². The summed E-state index contributed by atoms with van der Waals surface area (Å²) in [7, 11) is -6.89. The molecule has 0 heterocycles. The molecular weight excluding hydrogens is 601 g/mol. The van der Waals surface area contributed by atoms with Crippen LogP contribution in [0.3, 0.4) is 0 Å². The molecule has 6 heteroatoms. The summed E-state index contributed by atoms with van der Waals surface area (Å²) in [4.78, 5) is 0. The molecular formula is C39H68O3Si3. The molecule has 0 saturated heterocycles. The van der Waals surface area contributed by atoms with Crippen LogP contribution in [0, 0.1) is 17.8 Å². The van der Waals surface area contributed by atoms with E-state index in [0.29, 0.717) is 6.61 Å². The first kappa shape index (κ1) is 39.9. The monoisotopic (exact) mass is 668 g/mol. The molecule has 2 rings (SSSR count). The lowest BCUT2D eigenvalue weighted by Gasteiger charge is -2.48. The van der Waals surface area contributed by atoms with Crippen LogP contribution in [0.15, 0.2) is 73.3 Å². The Morgan fingerprint density at radius 1 is 0.622 bits per heavy atom. The van der Waals surface area contributed by atoms with Gasteiger partial charge in [-0.25, -0.2) is 0 Å². The van der Waals surface area contributed by atoms with E-state index in [0.717, 1.165) is 0 Å². The first-order valence-electron chi connectivity index (χ1n) is 17.2. The number of hydrogen-bond acceptors (Lipinski definition) is 3. The van der Waals surface area contributed by atoms with Crippen molar-refractivity contribution >= 4 is 35.3 Å². The van der Waals surface area contributed by atoms with Gasteiger partial charge in [-0.15, -0.1) is 6.58 Å². The Hall–Kier alpha value is -1.29. The zero-order valence-corrected chi connectivity index (χ0v) is 34.9. The molecule has 0 aromatic heterocycles. The van der Waals surface area contributed by atoms with Crippen molar-refractivity contribution in [2.75, 3.05) is 6.61 Å². The van der Waals surface area contributed by atoms with Crippen LogP contribution in [0.4, 0.5) is 0 Å². The number of benzene rings is 2. The number of rotatable bonds is 14. The van der Waals surface area contributed by atoms with E-state index in [2.05, 4.69) is 183 Å². The first-order chi connectivity index (χ1) is 20.4. The molecule has 45 heavy (non-hydrogen) atoms. The van der Waals surface area contributed by atoms with E-state index in [9.17, 15) is 0 Å². The molecule has 0 unspecified atom stereocenters. The molecule has 0 N–H and O–H groups in total. The summed E-state index contributed by atoms with van der Waals surface area (Å²) in [5.74, 6) is 0.502. The summed E-state index contributed by atoms with van der Waals surface area (Å²) in [6, 6.07) is 21.9. The molecule has 0 spiro atoms. The third kappa shape index (κ3) is 9.20. The maximum Gasteiger partial charge on any atom is 0.261 e. The molecule has 0 bridgehead atoms. The average Bonchev–Trinajstić information content (AvgIpc) is 2.93. The second-order valence-electron chi connectivity index (χ2n) is 17.6. The van der Waals surface area contributed by atoms with Gasteiger partial charge in [0.15, 0.2) is 16.6 Å². The van der Waals surface area contributed by atoms with Crippen LogP contribution in [0.25, 0.3) is 0 Å². The quantitative estimate of drug-likeness (QED) is 0.148. The van der Waals surface area contributed by atoms with Crippen molar-refractivity contribution < 1.29 is 13.3 Å². The predicted octanol–water partition coefficient (Wildman–Crippen LogP) is 10.4. The van der Waals surface area contributed by atoms with Crippen molar-refractivity contribution in [1.82, 2.24) is 0 Å². The number of hydrogen-bond donors (Lipinski definition) is 0. The smallest absolute Gasteiger partial charge is 0.261 e. The second kappa shape index (κ2) is 14.9. The summed E-state index contributed by atoms with van der Waals surface area (Å²) in [6.07, 6.45) is 2.05. The van der Waals surface area contributed by atoms with Gasteiger partial charge in [0.05, 0.1) is 12.2 Å².